The maximum Gasteiger partial charge on any atom is 0.243 e. The van der Waals surface area contributed by atoms with Gasteiger partial charge in [-0.2, -0.15) is 12.9 Å². The fourth-order valence-electron chi connectivity index (χ4n) is 9.59. The Morgan fingerprint density at radius 3 is 1.38 bits per heavy atom. The summed E-state index contributed by atoms with van der Waals surface area (Å²) in [7, 11) is -16.9. The SMILES string of the molecule is CCCN(CC1CC1)S(=O)(=O)c1ccc(C)cc1.CCCN1CCN(S(=O)(=O)c2ccc(C)cc2)CC1.Cc1ccc(S(=O)(=O)N2CCCC2C(N)=O)cc1.Cc1ccc(S(=O)(=O)NC(C)C)cc1.Cc1ccc(S(=O)(=O)NCCN2CCOCC2)cc1. The normalized spacial score (nSPS) is 17.3. The number of nitrogens with one attached hydrogen (secondary N) is 2. The molecule has 1 atom stereocenters. The van der Waals surface area contributed by atoms with Crippen LogP contribution in [0.4, 0.5) is 0 Å². The number of nitrogens with two attached hydrogens (primary N) is 1. The summed E-state index contributed by atoms with van der Waals surface area (Å²) in [4.78, 5) is 17.4. The molecule has 9 rings (SSSR count). The third-order valence-electron chi connectivity index (χ3n) is 14.9. The van der Waals surface area contributed by atoms with Gasteiger partial charge in [-0.05, 0) is 160 Å². The number of amides is 1. The van der Waals surface area contributed by atoms with Gasteiger partial charge in [-0.1, -0.05) is 102 Å². The van der Waals surface area contributed by atoms with Crippen LogP contribution in [0.3, 0.4) is 0 Å². The van der Waals surface area contributed by atoms with Crippen molar-refractivity contribution >= 4 is 56.0 Å². The van der Waals surface area contributed by atoms with E-state index in [2.05, 4.69) is 26.2 Å². The molecule has 488 valence electrons. The zero-order chi connectivity index (χ0) is 64.9. The highest BCUT2D eigenvalue weighted by atomic mass is 32.2. The Morgan fingerprint density at radius 2 is 0.955 bits per heavy atom. The zero-order valence-corrected chi connectivity index (χ0v) is 56.8. The molecule has 3 heterocycles. The summed E-state index contributed by atoms with van der Waals surface area (Å²) in [6, 6.07) is 33.7. The number of rotatable bonds is 21. The van der Waals surface area contributed by atoms with Crippen molar-refractivity contribution in [3.8, 4) is 0 Å². The Balaban J connectivity index is 0.000000201. The average molecular weight is 1320 g/mol. The first kappa shape index (κ1) is 73.7. The quantitative estimate of drug-likeness (QED) is 0.0645. The van der Waals surface area contributed by atoms with Crippen LogP contribution in [0, 0.1) is 40.5 Å². The first-order valence-corrected chi connectivity index (χ1v) is 37.5. The van der Waals surface area contributed by atoms with Gasteiger partial charge in [0.05, 0.1) is 37.7 Å². The molecule has 5 aromatic rings. The van der Waals surface area contributed by atoms with Crippen molar-refractivity contribution in [3.63, 3.8) is 0 Å². The molecule has 4 N–H and O–H groups in total. The van der Waals surface area contributed by atoms with Crippen molar-refractivity contribution in [3.05, 3.63) is 149 Å². The number of piperazine rings is 1. The highest BCUT2D eigenvalue weighted by Gasteiger charge is 2.38. The summed E-state index contributed by atoms with van der Waals surface area (Å²) in [6.45, 7) is 27.3. The molecule has 25 heteroatoms. The summed E-state index contributed by atoms with van der Waals surface area (Å²) in [5, 5.41) is 0. The van der Waals surface area contributed by atoms with Gasteiger partial charge in [-0.3, -0.25) is 9.69 Å². The molecule has 20 nitrogen and oxygen atoms in total. The molecular formula is C63H94N8O12S5. The van der Waals surface area contributed by atoms with E-state index in [9.17, 15) is 46.9 Å². The number of aryl methyl sites for hydroxylation is 5. The summed E-state index contributed by atoms with van der Waals surface area (Å²) >= 11 is 0. The highest BCUT2D eigenvalue weighted by molar-refractivity contribution is 7.90. The lowest BCUT2D eigenvalue weighted by molar-refractivity contribution is -0.121. The minimum absolute atomic E-state index is 0.0821. The number of ether oxygens (including phenoxy) is 1. The molecule has 88 heavy (non-hydrogen) atoms. The molecule has 1 unspecified atom stereocenters. The number of primary amides is 1. The molecule has 1 amide bonds. The van der Waals surface area contributed by atoms with E-state index < -0.39 is 62.1 Å². The predicted octanol–water partition coefficient (Wildman–Crippen LogP) is 7.44. The van der Waals surface area contributed by atoms with E-state index in [0.717, 1.165) is 86.6 Å². The van der Waals surface area contributed by atoms with Crippen molar-refractivity contribution in [2.24, 2.45) is 11.7 Å². The number of carbonyl (C=O) groups is 1. The fourth-order valence-corrected chi connectivity index (χ4v) is 16.6. The second-order valence-corrected chi connectivity index (χ2v) is 32.2. The molecule has 3 aliphatic heterocycles. The van der Waals surface area contributed by atoms with Crippen molar-refractivity contribution in [1.29, 1.82) is 0 Å². The van der Waals surface area contributed by atoms with Gasteiger partial charge in [-0.25, -0.2) is 51.5 Å². The van der Waals surface area contributed by atoms with Crippen LogP contribution in [-0.4, -0.2) is 175 Å². The number of morpholine rings is 1. The monoisotopic (exact) mass is 1310 g/mol. The predicted molar refractivity (Wildman–Crippen MR) is 347 cm³/mol. The Bertz CT molecular complexity index is 3520. The van der Waals surface area contributed by atoms with Crippen LogP contribution in [-0.2, 0) is 59.6 Å². The van der Waals surface area contributed by atoms with Gasteiger partial charge in [0.15, 0.2) is 0 Å². The third-order valence-corrected chi connectivity index (χ3v) is 23.7. The van der Waals surface area contributed by atoms with Crippen LogP contribution in [0.2, 0.25) is 0 Å². The van der Waals surface area contributed by atoms with E-state index in [1.54, 1.807) is 120 Å². The molecule has 0 aromatic heterocycles. The summed E-state index contributed by atoms with van der Waals surface area (Å²) < 4.78 is 137. The number of carbonyl (C=O) groups excluding carboxylic acids is 1. The van der Waals surface area contributed by atoms with E-state index in [-0.39, 0.29) is 10.9 Å². The van der Waals surface area contributed by atoms with E-state index in [0.29, 0.717) is 84.2 Å². The lowest BCUT2D eigenvalue weighted by Crippen LogP contribution is -2.48. The minimum Gasteiger partial charge on any atom is -0.379 e. The van der Waals surface area contributed by atoms with Gasteiger partial charge in [0.1, 0.15) is 6.04 Å². The maximum absolute atomic E-state index is 12.5. The number of hydrogen-bond donors (Lipinski definition) is 3. The van der Waals surface area contributed by atoms with Crippen molar-refractivity contribution in [1.82, 2.24) is 32.2 Å². The second kappa shape index (κ2) is 34.4. The Kier molecular flexibility index (Phi) is 28.9. The van der Waals surface area contributed by atoms with Gasteiger partial charge >= 0.3 is 0 Å². The van der Waals surface area contributed by atoms with Crippen LogP contribution in [0.5, 0.6) is 0 Å². The van der Waals surface area contributed by atoms with Crippen LogP contribution in [0.15, 0.2) is 146 Å². The van der Waals surface area contributed by atoms with E-state index in [4.69, 9.17) is 10.5 Å². The van der Waals surface area contributed by atoms with E-state index in [1.807, 2.05) is 65.8 Å². The van der Waals surface area contributed by atoms with Crippen molar-refractivity contribution in [2.45, 2.75) is 137 Å². The molecular weight excluding hydrogens is 1220 g/mol. The maximum atomic E-state index is 12.5. The average Bonchev–Trinajstić information content (AvgIpc) is 2.78. The minimum atomic E-state index is -3.62. The molecule has 1 saturated carbocycles. The first-order chi connectivity index (χ1) is 41.5. The molecule has 0 radical (unpaired) electrons. The number of sulfonamides is 5. The lowest BCUT2D eigenvalue weighted by Gasteiger charge is -2.33. The fraction of sp³-hybridized carbons (Fsp3) is 0.508. The topological polar surface area (TPSA) is 263 Å². The summed E-state index contributed by atoms with van der Waals surface area (Å²) in [5.41, 5.74) is 10.5. The summed E-state index contributed by atoms with van der Waals surface area (Å²) in [6.07, 6.45) is 5.48. The van der Waals surface area contributed by atoms with Crippen LogP contribution in [0.1, 0.15) is 94.0 Å². The van der Waals surface area contributed by atoms with E-state index >= 15 is 0 Å². The highest BCUT2D eigenvalue weighted by Crippen LogP contribution is 2.32. The standard InChI is InChI=1S/C14H22N2O2S.C14H21NO2S.C13H20N2O3S.C12H16N2O3S.C10H15NO2S/c1-3-8-15-9-11-16(12-10-15)19(17,18)14-6-4-13(2)5-7-14;1-3-10-15(11-13-6-7-13)18(16,17)14-8-4-12(2)5-9-14;1-12-2-4-13(5-3-12)19(16,17)14-6-7-15-8-10-18-11-9-15;1-9-4-6-10(7-5-9)18(16,17)14-8-2-3-11(14)12(13)15;1-8(2)11-14(12,13)10-6-4-9(3)5-7-10/h4-7H,3,8-12H2,1-2H3;4-5,8-9,13H,3,6-7,10-11H2,1-2H3;2-5,14H,6-11H2,1H3;4-7,11H,2-3,8H2,1H3,(H2,13,15);4-8,11H,1-3H3. The molecule has 0 bridgehead atoms. The van der Waals surface area contributed by atoms with Crippen LogP contribution in [0.25, 0.3) is 0 Å². The van der Waals surface area contributed by atoms with Gasteiger partial charge in [0.2, 0.25) is 56.0 Å². The molecule has 3 saturated heterocycles. The molecule has 5 aromatic carbocycles. The Hall–Kier alpha value is -5.00. The van der Waals surface area contributed by atoms with E-state index in [1.165, 1.54) is 17.1 Å². The third kappa shape index (κ3) is 23.0. The smallest absolute Gasteiger partial charge is 0.243 e. The Morgan fingerprint density at radius 1 is 0.534 bits per heavy atom. The largest absolute Gasteiger partial charge is 0.379 e. The lowest BCUT2D eigenvalue weighted by atomic mass is 10.2. The first-order valence-electron chi connectivity index (χ1n) is 30.2. The van der Waals surface area contributed by atoms with Crippen molar-refractivity contribution < 1.29 is 51.6 Å². The van der Waals surface area contributed by atoms with Crippen molar-refractivity contribution in [2.75, 3.05) is 91.8 Å². The van der Waals surface area contributed by atoms with Gasteiger partial charge in [0, 0.05) is 78.0 Å². The second-order valence-electron chi connectivity index (χ2n) is 22.9. The number of benzene rings is 5. The van der Waals surface area contributed by atoms with Gasteiger partial charge < -0.3 is 15.4 Å². The molecule has 4 fully saturated rings. The van der Waals surface area contributed by atoms with Gasteiger partial charge in [0.25, 0.3) is 0 Å². The molecule has 1 aliphatic carbocycles. The van der Waals surface area contributed by atoms with Gasteiger partial charge in [-0.15, -0.1) is 0 Å². The van der Waals surface area contributed by atoms with Crippen LogP contribution >= 0.6 is 0 Å². The van der Waals surface area contributed by atoms with Crippen LogP contribution < -0.4 is 15.2 Å². The number of hydrogen-bond acceptors (Lipinski definition) is 14. The Labute approximate surface area is 526 Å². The molecule has 4 aliphatic rings. The molecule has 0 spiro atoms. The summed E-state index contributed by atoms with van der Waals surface area (Å²) in [5.74, 6) is -0.0000370. The number of nitrogens with zero attached hydrogens (tertiary/aromatic N) is 5. The zero-order valence-electron chi connectivity index (χ0n) is 52.7.